The largest absolute Gasteiger partial charge is 0.314 e. The van der Waals surface area contributed by atoms with E-state index in [1.807, 2.05) is 12.1 Å². The number of halogens is 2. The molecule has 0 radical (unpaired) electrons. The first-order valence-electron chi connectivity index (χ1n) is 6.32. The predicted molar refractivity (Wildman–Crippen MR) is 79.3 cm³/mol. The van der Waals surface area contributed by atoms with Crippen LogP contribution in [0.4, 0.5) is 4.39 Å². The summed E-state index contributed by atoms with van der Waals surface area (Å²) in [5.41, 5.74) is 2.45. The zero-order valence-corrected chi connectivity index (χ0v) is 12.8. The second-order valence-corrected chi connectivity index (χ2v) is 5.73. The van der Waals surface area contributed by atoms with Crippen LogP contribution in [0.25, 0.3) is 0 Å². The van der Waals surface area contributed by atoms with Gasteiger partial charge in [-0.05, 0) is 59.9 Å². The summed E-state index contributed by atoms with van der Waals surface area (Å²) in [4.78, 5) is 0. The molecule has 0 unspecified atom stereocenters. The van der Waals surface area contributed by atoms with E-state index in [-0.39, 0.29) is 5.82 Å². The maximum absolute atomic E-state index is 13.1. The van der Waals surface area contributed by atoms with Crippen LogP contribution in [0.2, 0.25) is 0 Å². The normalized spacial score (nSPS) is 12.2. The minimum atomic E-state index is -0.207. The average Bonchev–Trinajstić information content (AvgIpc) is 2.29. The second-order valence-electron chi connectivity index (χ2n) is 4.87. The van der Waals surface area contributed by atoms with Gasteiger partial charge in [0.15, 0.2) is 0 Å². The number of benzene rings is 1. The summed E-state index contributed by atoms with van der Waals surface area (Å²) in [5, 5.41) is 3.38. The summed E-state index contributed by atoms with van der Waals surface area (Å²) in [7, 11) is 0. The summed E-state index contributed by atoms with van der Waals surface area (Å²) >= 11 is 3.21. The van der Waals surface area contributed by atoms with Crippen molar-refractivity contribution in [3.8, 4) is 0 Å². The van der Waals surface area contributed by atoms with Crippen LogP contribution in [0.5, 0.6) is 0 Å². The fourth-order valence-electron chi connectivity index (χ4n) is 1.73. The van der Waals surface area contributed by atoms with Crippen molar-refractivity contribution in [2.45, 2.75) is 39.7 Å². The fourth-order valence-corrected chi connectivity index (χ4v) is 2.16. The second kappa shape index (κ2) is 7.70. The van der Waals surface area contributed by atoms with Crippen molar-refractivity contribution in [2.24, 2.45) is 0 Å². The van der Waals surface area contributed by atoms with Crippen molar-refractivity contribution in [2.75, 3.05) is 6.54 Å². The van der Waals surface area contributed by atoms with Gasteiger partial charge in [-0.15, -0.1) is 0 Å². The van der Waals surface area contributed by atoms with Crippen LogP contribution in [0.15, 0.2) is 34.3 Å². The van der Waals surface area contributed by atoms with Crippen molar-refractivity contribution >= 4 is 15.9 Å². The molecule has 0 heterocycles. The molecule has 1 N–H and O–H groups in total. The summed E-state index contributed by atoms with van der Waals surface area (Å²) in [6.07, 6.45) is 4.15. The van der Waals surface area contributed by atoms with Crippen molar-refractivity contribution < 1.29 is 4.39 Å². The van der Waals surface area contributed by atoms with Crippen LogP contribution in [-0.2, 0) is 6.42 Å². The number of rotatable bonds is 6. The van der Waals surface area contributed by atoms with E-state index in [1.165, 1.54) is 11.6 Å². The quantitative estimate of drug-likeness (QED) is 0.603. The van der Waals surface area contributed by atoms with Crippen LogP contribution in [0.1, 0.15) is 32.8 Å². The summed E-state index contributed by atoms with van der Waals surface area (Å²) in [6, 6.07) is 5.72. The van der Waals surface area contributed by atoms with E-state index in [0.717, 1.165) is 24.9 Å². The Hall–Kier alpha value is -0.670. The van der Waals surface area contributed by atoms with Gasteiger partial charge in [-0.25, -0.2) is 4.39 Å². The minimum Gasteiger partial charge on any atom is -0.314 e. The Morgan fingerprint density at radius 2 is 2.17 bits per heavy atom. The topological polar surface area (TPSA) is 12.0 Å². The molecule has 100 valence electrons. The molecular weight excluding hydrogens is 293 g/mol. The standard InChI is InChI=1S/C15H21BrFN/c1-11(2)18-8-4-5-12(3)9-13-6-7-15(17)14(16)10-13/h5-7,10-11,18H,4,8-9H2,1-3H3. The Kier molecular flexibility index (Phi) is 6.58. The monoisotopic (exact) mass is 313 g/mol. The predicted octanol–water partition coefficient (Wildman–Crippen LogP) is 4.47. The molecular formula is C15H21BrFN. The number of hydrogen-bond acceptors (Lipinski definition) is 1. The number of nitrogens with one attached hydrogen (secondary N) is 1. The van der Waals surface area contributed by atoms with E-state index >= 15 is 0 Å². The molecule has 0 saturated heterocycles. The molecule has 0 bridgehead atoms. The van der Waals surface area contributed by atoms with Gasteiger partial charge < -0.3 is 5.32 Å². The molecule has 0 fully saturated rings. The van der Waals surface area contributed by atoms with Crippen molar-refractivity contribution in [3.05, 3.63) is 45.7 Å². The third-order valence-corrected chi connectivity index (χ3v) is 3.26. The van der Waals surface area contributed by atoms with E-state index in [2.05, 4.69) is 48.1 Å². The highest BCUT2D eigenvalue weighted by molar-refractivity contribution is 9.10. The molecule has 3 heteroatoms. The lowest BCUT2D eigenvalue weighted by molar-refractivity contribution is 0.594. The lowest BCUT2D eigenvalue weighted by Crippen LogP contribution is -2.23. The lowest BCUT2D eigenvalue weighted by atomic mass is 10.1. The molecule has 0 aliphatic rings. The molecule has 1 aromatic rings. The SMILES string of the molecule is CC(=CCCNC(C)C)Cc1ccc(F)c(Br)c1. The average molecular weight is 314 g/mol. The highest BCUT2D eigenvalue weighted by Gasteiger charge is 2.01. The Morgan fingerprint density at radius 1 is 1.44 bits per heavy atom. The number of hydrogen-bond donors (Lipinski definition) is 1. The summed E-state index contributed by atoms with van der Waals surface area (Å²) in [6.45, 7) is 7.41. The van der Waals surface area contributed by atoms with Gasteiger partial charge in [0.1, 0.15) is 5.82 Å². The molecule has 1 aromatic carbocycles. The maximum Gasteiger partial charge on any atom is 0.137 e. The first kappa shape index (κ1) is 15.4. The zero-order valence-electron chi connectivity index (χ0n) is 11.3. The molecule has 1 nitrogen and oxygen atoms in total. The van der Waals surface area contributed by atoms with Gasteiger partial charge in [0.2, 0.25) is 0 Å². The van der Waals surface area contributed by atoms with Crippen LogP contribution >= 0.6 is 15.9 Å². The Labute approximate surface area is 118 Å². The Morgan fingerprint density at radius 3 is 2.78 bits per heavy atom. The summed E-state index contributed by atoms with van der Waals surface area (Å²) in [5.74, 6) is -0.207. The third kappa shape index (κ3) is 5.78. The summed E-state index contributed by atoms with van der Waals surface area (Å²) < 4.78 is 13.6. The fraction of sp³-hybridized carbons (Fsp3) is 0.467. The van der Waals surface area contributed by atoms with Gasteiger partial charge >= 0.3 is 0 Å². The van der Waals surface area contributed by atoms with E-state index in [1.54, 1.807) is 0 Å². The highest BCUT2D eigenvalue weighted by Crippen LogP contribution is 2.18. The Bertz CT molecular complexity index is 413. The van der Waals surface area contributed by atoms with Crippen LogP contribution < -0.4 is 5.32 Å². The highest BCUT2D eigenvalue weighted by atomic mass is 79.9. The van der Waals surface area contributed by atoms with Gasteiger partial charge in [-0.3, -0.25) is 0 Å². The molecule has 18 heavy (non-hydrogen) atoms. The Balaban J connectivity index is 2.45. The van der Waals surface area contributed by atoms with Crippen molar-refractivity contribution in [3.63, 3.8) is 0 Å². The van der Waals surface area contributed by atoms with E-state index in [0.29, 0.717) is 10.5 Å². The molecule has 0 aromatic heterocycles. The van der Waals surface area contributed by atoms with Crippen molar-refractivity contribution in [1.82, 2.24) is 5.32 Å². The number of allylic oxidation sites excluding steroid dienone is 1. The van der Waals surface area contributed by atoms with Crippen LogP contribution in [0.3, 0.4) is 0 Å². The van der Waals surface area contributed by atoms with Gasteiger partial charge in [0, 0.05) is 6.04 Å². The molecule has 0 aliphatic carbocycles. The third-order valence-electron chi connectivity index (χ3n) is 2.66. The maximum atomic E-state index is 13.1. The minimum absolute atomic E-state index is 0.207. The van der Waals surface area contributed by atoms with Gasteiger partial charge in [0.25, 0.3) is 0 Å². The van der Waals surface area contributed by atoms with E-state index < -0.39 is 0 Å². The van der Waals surface area contributed by atoms with Crippen LogP contribution in [0, 0.1) is 5.82 Å². The smallest absolute Gasteiger partial charge is 0.137 e. The lowest BCUT2D eigenvalue weighted by Gasteiger charge is -2.07. The van der Waals surface area contributed by atoms with Gasteiger partial charge in [0.05, 0.1) is 4.47 Å². The first-order valence-corrected chi connectivity index (χ1v) is 7.11. The van der Waals surface area contributed by atoms with Crippen molar-refractivity contribution in [1.29, 1.82) is 0 Å². The molecule has 1 rings (SSSR count). The van der Waals surface area contributed by atoms with Crippen LogP contribution in [-0.4, -0.2) is 12.6 Å². The van der Waals surface area contributed by atoms with Gasteiger partial charge in [-0.2, -0.15) is 0 Å². The molecule has 0 amide bonds. The molecule has 0 aliphatic heterocycles. The van der Waals surface area contributed by atoms with E-state index in [9.17, 15) is 4.39 Å². The molecule has 0 atom stereocenters. The molecule has 0 spiro atoms. The first-order chi connectivity index (χ1) is 8.49. The van der Waals surface area contributed by atoms with E-state index in [4.69, 9.17) is 0 Å². The van der Waals surface area contributed by atoms with Gasteiger partial charge in [-0.1, -0.05) is 31.6 Å². The molecule has 0 saturated carbocycles. The zero-order chi connectivity index (χ0) is 13.5.